The maximum absolute atomic E-state index is 12.3. The summed E-state index contributed by atoms with van der Waals surface area (Å²) in [5, 5.41) is 3.46. The summed E-state index contributed by atoms with van der Waals surface area (Å²) in [5.41, 5.74) is 2.58. The first kappa shape index (κ1) is 14.6. The number of fused-ring (bicyclic) bond motifs is 1. The zero-order chi connectivity index (χ0) is 15.5. The second-order valence-electron chi connectivity index (χ2n) is 5.01. The Morgan fingerprint density at radius 3 is 2.82 bits per heavy atom. The monoisotopic (exact) mass is 313 g/mol. The summed E-state index contributed by atoms with van der Waals surface area (Å²) in [6.07, 6.45) is 0.777. The number of rotatable bonds is 4. The Hall–Kier alpha value is -2.33. The quantitative estimate of drug-likeness (QED) is 0.794. The Bertz CT molecular complexity index is 826. The molecule has 3 aromatic rings. The van der Waals surface area contributed by atoms with Crippen molar-refractivity contribution in [2.24, 2.45) is 0 Å². The van der Waals surface area contributed by atoms with Gasteiger partial charge in [0, 0.05) is 17.1 Å². The number of hydrogen-bond acceptors (Lipinski definition) is 2. The third kappa shape index (κ3) is 2.97. The summed E-state index contributed by atoms with van der Waals surface area (Å²) < 4.78 is 1.95. The van der Waals surface area contributed by atoms with Crippen LogP contribution in [-0.2, 0) is 17.8 Å². The standard InChI is InChI=1S/C17H16ClN3O/c1-2-16-20-14-8-3-4-9-15(14)21(16)11-17(22)19-13-7-5-6-12(18)10-13/h3-10H,2,11H2,1H3,(H,19,22). The molecule has 0 radical (unpaired) electrons. The lowest BCUT2D eigenvalue weighted by molar-refractivity contribution is -0.116. The van der Waals surface area contributed by atoms with Crippen LogP contribution in [0.1, 0.15) is 12.7 Å². The largest absolute Gasteiger partial charge is 0.324 e. The topological polar surface area (TPSA) is 46.9 Å². The van der Waals surface area contributed by atoms with E-state index in [1.807, 2.05) is 47.9 Å². The van der Waals surface area contributed by atoms with Crippen molar-refractivity contribution in [1.29, 1.82) is 0 Å². The van der Waals surface area contributed by atoms with Crippen LogP contribution in [0.3, 0.4) is 0 Å². The molecule has 3 rings (SSSR count). The van der Waals surface area contributed by atoms with E-state index in [1.165, 1.54) is 0 Å². The molecule has 0 aliphatic carbocycles. The number of anilines is 1. The average molecular weight is 314 g/mol. The van der Waals surface area contributed by atoms with Crippen molar-refractivity contribution in [3.63, 3.8) is 0 Å². The second kappa shape index (κ2) is 6.20. The van der Waals surface area contributed by atoms with Gasteiger partial charge in [-0.05, 0) is 30.3 Å². The van der Waals surface area contributed by atoms with Gasteiger partial charge in [0.2, 0.25) is 5.91 Å². The van der Waals surface area contributed by atoms with Crippen LogP contribution in [0.15, 0.2) is 48.5 Å². The third-order valence-electron chi connectivity index (χ3n) is 3.46. The Balaban J connectivity index is 1.85. The molecular formula is C17H16ClN3O. The van der Waals surface area contributed by atoms with Crippen LogP contribution in [0.5, 0.6) is 0 Å². The van der Waals surface area contributed by atoms with Gasteiger partial charge >= 0.3 is 0 Å². The highest BCUT2D eigenvalue weighted by Crippen LogP contribution is 2.18. The van der Waals surface area contributed by atoms with Gasteiger partial charge in [0.25, 0.3) is 0 Å². The molecule has 1 aromatic heterocycles. The minimum Gasteiger partial charge on any atom is -0.324 e. The smallest absolute Gasteiger partial charge is 0.244 e. The number of carbonyl (C=O) groups excluding carboxylic acids is 1. The van der Waals surface area contributed by atoms with E-state index in [1.54, 1.807) is 12.1 Å². The van der Waals surface area contributed by atoms with Crippen molar-refractivity contribution < 1.29 is 4.79 Å². The number of halogens is 1. The number of carbonyl (C=O) groups is 1. The molecule has 1 amide bonds. The summed E-state index contributed by atoms with van der Waals surface area (Å²) in [4.78, 5) is 16.9. The predicted octanol–water partition coefficient (Wildman–Crippen LogP) is 3.89. The van der Waals surface area contributed by atoms with Gasteiger partial charge in [-0.3, -0.25) is 4.79 Å². The van der Waals surface area contributed by atoms with Gasteiger partial charge in [-0.2, -0.15) is 0 Å². The van der Waals surface area contributed by atoms with Crippen LogP contribution in [-0.4, -0.2) is 15.5 Å². The summed E-state index contributed by atoms with van der Waals surface area (Å²) in [7, 11) is 0. The van der Waals surface area contributed by atoms with E-state index >= 15 is 0 Å². The lowest BCUT2D eigenvalue weighted by Gasteiger charge is -2.09. The van der Waals surface area contributed by atoms with Crippen molar-refractivity contribution in [2.45, 2.75) is 19.9 Å². The van der Waals surface area contributed by atoms with Crippen molar-refractivity contribution in [1.82, 2.24) is 9.55 Å². The molecule has 0 fully saturated rings. The lowest BCUT2D eigenvalue weighted by Crippen LogP contribution is -2.20. The number of amides is 1. The zero-order valence-electron chi connectivity index (χ0n) is 12.2. The van der Waals surface area contributed by atoms with Gasteiger partial charge in [-0.25, -0.2) is 4.98 Å². The molecule has 2 aromatic carbocycles. The number of hydrogen-bond donors (Lipinski definition) is 1. The molecule has 0 aliphatic rings. The van der Waals surface area contributed by atoms with Gasteiger partial charge in [-0.15, -0.1) is 0 Å². The highest BCUT2D eigenvalue weighted by molar-refractivity contribution is 6.30. The Labute approximate surface area is 133 Å². The van der Waals surface area contributed by atoms with Gasteiger partial charge in [0.05, 0.1) is 11.0 Å². The summed E-state index contributed by atoms with van der Waals surface area (Å²) in [6.45, 7) is 2.27. The number of benzene rings is 2. The van der Waals surface area contributed by atoms with Gasteiger partial charge in [0.15, 0.2) is 0 Å². The maximum atomic E-state index is 12.3. The van der Waals surface area contributed by atoms with Crippen molar-refractivity contribution >= 4 is 34.2 Å². The van der Waals surface area contributed by atoms with E-state index in [9.17, 15) is 4.79 Å². The number of aromatic nitrogens is 2. The fourth-order valence-corrected chi connectivity index (χ4v) is 2.67. The molecule has 1 heterocycles. The highest BCUT2D eigenvalue weighted by atomic mass is 35.5. The summed E-state index contributed by atoms with van der Waals surface area (Å²) >= 11 is 5.93. The van der Waals surface area contributed by atoms with Crippen LogP contribution in [0.25, 0.3) is 11.0 Å². The van der Waals surface area contributed by atoms with Gasteiger partial charge in [-0.1, -0.05) is 36.7 Å². The molecule has 22 heavy (non-hydrogen) atoms. The molecule has 5 heteroatoms. The molecule has 4 nitrogen and oxygen atoms in total. The molecule has 0 bridgehead atoms. The minimum absolute atomic E-state index is 0.0971. The Morgan fingerprint density at radius 1 is 1.23 bits per heavy atom. The molecule has 0 aliphatic heterocycles. The molecule has 1 N–H and O–H groups in total. The maximum Gasteiger partial charge on any atom is 0.244 e. The van der Waals surface area contributed by atoms with Crippen LogP contribution in [0, 0.1) is 0 Å². The van der Waals surface area contributed by atoms with E-state index < -0.39 is 0 Å². The van der Waals surface area contributed by atoms with E-state index in [-0.39, 0.29) is 12.5 Å². The Morgan fingerprint density at radius 2 is 2.05 bits per heavy atom. The van der Waals surface area contributed by atoms with Crippen LogP contribution in [0.2, 0.25) is 5.02 Å². The van der Waals surface area contributed by atoms with E-state index in [2.05, 4.69) is 10.3 Å². The van der Waals surface area contributed by atoms with Crippen molar-refractivity contribution in [3.05, 3.63) is 59.4 Å². The number of aryl methyl sites for hydroxylation is 1. The van der Waals surface area contributed by atoms with E-state index in [0.717, 1.165) is 23.3 Å². The van der Waals surface area contributed by atoms with E-state index in [0.29, 0.717) is 10.7 Å². The number of para-hydroxylation sites is 2. The number of imidazole rings is 1. The first-order chi connectivity index (χ1) is 10.7. The zero-order valence-corrected chi connectivity index (χ0v) is 13.0. The molecule has 0 saturated carbocycles. The highest BCUT2D eigenvalue weighted by Gasteiger charge is 2.12. The van der Waals surface area contributed by atoms with Crippen molar-refractivity contribution in [2.75, 3.05) is 5.32 Å². The molecule has 0 unspecified atom stereocenters. The fraction of sp³-hybridized carbons (Fsp3) is 0.176. The molecular weight excluding hydrogens is 298 g/mol. The molecule has 0 saturated heterocycles. The second-order valence-corrected chi connectivity index (χ2v) is 5.45. The summed E-state index contributed by atoms with van der Waals surface area (Å²) in [6, 6.07) is 15.0. The third-order valence-corrected chi connectivity index (χ3v) is 3.70. The average Bonchev–Trinajstić information content (AvgIpc) is 2.85. The number of nitrogens with zero attached hydrogens (tertiary/aromatic N) is 2. The molecule has 112 valence electrons. The van der Waals surface area contributed by atoms with Crippen LogP contribution < -0.4 is 5.32 Å². The van der Waals surface area contributed by atoms with Crippen molar-refractivity contribution in [3.8, 4) is 0 Å². The first-order valence-corrected chi connectivity index (χ1v) is 7.54. The fourth-order valence-electron chi connectivity index (χ4n) is 2.48. The van der Waals surface area contributed by atoms with Gasteiger partial charge in [0.1, 0.15) is 12.4 Å². The van der Waals surface area contributed by atoms with Crippen LogP contribution >= 0.6 is 11.6 Å². The van der Waals surface area contributed by atoms with E-state index in [4.69, 9.17) is 11.6 Å². The Kier molecular flexibility index (Phi) is 4.11. The first-order valence-electron chi connectivity index (χ1n) is 7.17. The normalized spacial score (nSPS) is 10.8. The number of nitrogens with one attached hydrogen (secondary N) is 1. The predicted molar refractivity (Wildman–Crippen MR) is 89.2 cm³/mol. The lowest BCUT2D eigenvalue weighted by atomic mass is 10.3. The van der Waals surface area contributed by atoms with Gasteiger partial charge < -0.3 is 9.88 Å². The molecule has 0 spiro atoms. The minimum atomic E-state index is -0.0971. The summed E-state index contributed by atoms with van der Waals surface area (Å²) in [5.74, 6) is 0.808. The van der Waals surface area contributed by atoms with Crippen LogP contribution in [0.4, 0.5) is 5.69 Å². The molecule has 0 atom stereocenters. The SMILES string of the molecule is CCc1nc2ccccc2n1CC(=O)Nc1cccc(Cl)c1.